The van der Waals surface area contributed by atoms with E-state index in [9.17, 15) is 17.6 Å². The topological polar surface area (TPSA) is 29.3 Å². The van der Waals surface area contributed by atoms with Gasteiger partial charge in [0.05, 0.1) is 11.7 Å². The molecule has 2 aromatic carbocycles. The van der Waals surface area contributed by atoms with Crippen molar-refractivity contribution in [2.24, 2.45) is 5.73 Å². The summed E-state index contributed by atoms with van der Waals surface area (Å²) in [6, 6.07) is 6.29. The van der Waals surface area contributed by atoms with Crippen molar-refractivity contribution < 1.29 is 17.6 Å². The molecule has 1 unspecified atom stereocenters. The molecule has 1 heterocycles. The van der Waals surface area contributed by atoms with E-state index in [-0.39, 0.29) is 29.9 Å². The molecule has 0 amide bonds. The molecule has 0 fully saturated rings. The lowest BCUT2D eigenvalue weighted by molar-refractivity contribution is 0.441. The van der Waals surface area contributed by atoms with E-state index >= 15 is 0 Å². The Hall–Kier alpha value is -2.08. The second-order valence-corrected chi connectivity index (χ2v) is 4.88. The van der Waals surface area contributed by atoms with E-state index in [4.69, 9.17) is 5.73 Å². The van der Waals surface area contributed by atoms with Gasteiger partial charge in [0.1, 0.15) is 5.82 Å². The maximum Gasteiger partial charge on any atom is 0.194 e. The van der Waals surface area contributed by atoms with Gasteiger partial charge in [-0.25, -0.2) is 17.6 Å². The summed E-state index contributed by atoms with van der Waals surface area (Å²) in [5, 5.41) is 0. The van der Waals surface area contributed by atoms with Crippen molar-refractivity contribution in [1.82, 2.24) is 0 Å². The highest BCUT2D eigenvalue weighted by molar-refractivity contribution is 5.56. The van der Waals surface area contributed by atoms with Crippen LogP contribution >= 0.6 is 0 Å². The third-order valence-electron chi connectivity index (χ3n) is 3.75. The lowest BCUT2D eigenvalue weighted by Crippen LogP contribution is -2.28. The molecule has 2 N–H and O–H groups in total. The van der Waals surface area contributed by atoms with Crippen LogP contribution in [0, 0.1) is 23.3 Å². The van der Waals surface area contributed by atoms with Gasteiger partial charge in [0.2, 0.25) is 0 Å². The van der Waals surface area contributed by atoms with Gasteiger partial charge in [-0.1, -0.05) is 12.1 Å². The summed E-state index contributed by atoms with van der Waals surface area (Å²) in [5.41, 5.74) is 6.17. The van der Waals surface area contributed by atoms with Gasteiger partial charge in [-0.3, -0.25) is 0 Å². The molecule has 0 saturated carbocycles. The van der Waals surface area contributed by atoms with Crippen molar-refractivity contribution in [2.75, 3.05) is 11.4 Å². The fourth-order valence-corrected chi connectivity index (χ4v) is 2.75. The molecule has 2 nitrogen and oxygen atoms in total. The number of hydrogen-bond donors (Lipinski definition) is 1. The van der Waals surface area contributed by atoms with E-state index in [1.807, 2.05) is 0 Å². The summed E-state index contributed by atoms with van der Waals surface area (Å²) in [6.07, 6.45) is 0. The number of nitrogens with zero attached hydrogens (tertiary/aromatic N) is 1. The molecule has 0 aliphatic carbocycles. The van der Waals surface area contributed by atoms with Gasteiger partial charge in [-0.05, 0) is 23.8 Å². The Morgan fingerprint density at radius 3 is 2.43 bits per heavy atom. The minimum atomic E-state index is -1.51. The van der Waals surface area contributed by atoms with Gasteiger partial charge in [0.15, 0.2) is 17.5 Å². The van der Waals surface area contributed by atoms with Crippen LogP contribution in [0.1, 0.15) is 17.2 Å². The van der Waals surface area contributed by atoms with Crippen molar-refractivity contribution >= 4 is 5.69 Å². The first-order valence-corrected chi connectivity index (χ1v) is 6.42. The maximum atomic E-state index is 13.9. The highest BCUT2D eigenvalue weighted by Crippen LogP contribution is 2.40. The normalized spacial score (nSPS) is 17.2. The van der Waals surface area contributed by atoms with E-state index in [1.165, 1.54) is 23.1 Å². The molecule has 1 aliphatic heterocycles. The van der Waals surface area contributed by atoms with Crippen LogP contribution in [0.3, 0.4) is 0 Å². The fourth-order valence-electron chi connectivity index (χ4n) is 2.75. The summed E-state index contributed by atoms with van der Waals surface area (Å²) in [5.74, 6) is -4.51. The second-order valence-electron chi connectivity index (χ2n) is 4.88. The van der Waals surface area contributed by atoms with E-state index < -0.39 is 29.3 Å². The molecule has 110 valence electrons. The van der Waals surface area contributed by atoms with Crippen molar-refractivity contribution in [3.63, 3.8) is 0 Å². The molecule has 6 heteroatoms. The molecule has 1 atom stereocenters. The van der Waals surface area contributed by atoms with Crippen LogP contribution in [0.15, 0.2) is 30.3 Å². The number of para-hydroxylation sites is 1. The van der Waals surface area contributed by atoms with Crippen LogP contribution in [-0.2, 0) is 6.54 Å². The number of hydrogen-bond acceptors (Lipinski definition) is 2. The smallest absolute Gasteiger partial charge is 0.194 e. The van der Waals surface area contributed by atoms with Crippen LogP contribution < -0.4 is 10.6 Å². The number of nitrogens with two attached hydrogens (primary N) is 1. The highest BCUT2D eigenvalue weighted by Gasteiger charge is 2.35. The third-order valence-corrected chi connectivity index (χ3v) is 3.75. The number of benzene rings is 2. The predicted molar refractivity (Wildman–Crippen MR) is 70.7 cm³/mol. The second kappa shape index (κ2) is 5.04. The summed E-state index contributed by atoms with van der Waals surface area (Å²) in [7, 11) is 0. The number of fused-ring (bicyclic) bond motifs is 1. The average Bonchev–Trinajstić information content (AvgIpc) is 2.83. The van der Waals surface area contributed by atoms with Crippen LogP contribution in [0.2, 0.25) is 0 Å². The van der Waals surface area contributed by atoms with Gasteiger partial charge < -0.3 is 10.6 Å². The van der Waals surface area contributed by atoms with Gasteiger partial charge in [-0.2, -0.15) is 0 Å². The third kappa shape index (κ3) is 2.06. The Labute approximate surface area is 118 Å². The Balaban J connectivity index is 2.12. The van der Waals surface area contributed by atoms with E-state index in [0.717, 1.165) is 6.07 Å². The number of rotatable bonds is 2. The van der Waals surface area contributed by atoms with Crippen LogP contribution in [0.5, 0.6) is 0 Å². The van der Waals surface area contributed by atoms with Crippen molar-refractivity contribution in [3.05, 3.63) is 64.7 Å². The van der Waals surface area contributed by atoms with Crippen molar-refractivity contribution in [1.29, 1.82) is 0 Å². The Morgan fingerprint density at radius 1 is 1.05 bits per heavy atom. The Kier molecular flexibility index (Phi) is 3.33. The minimum Gasteiger partial charge on any atom is -0.356 e. The molecule has 1 aliphatic rings. The van der Waals surface area contributed by atoms with Gasteiger partial charge in [0.25, 0.3) is 0 Å². The van der Waals surface area contributed by atoms with Crippen molar-refractivity contribution in [3.8, 4) is 0 Å². The lowest BCUT2D eigenvalue weighted by Gasteiger charge is -2.26. The highest BCUT2D eigenvalue weighted by atomic mass is 19.2. The number of anilines is 1. The van der Waals surface area contributed by atoms with Gasteiger partial charge in [-0.15, -0.1) is 0 Å². The summed E-state index contributed by atoms with van der Waals surface area (Å²) >= 11 is 0. The zero-order valence-corrected chi connectivity index (χ0v) is 10.9. The Morgan fingerprint density at radius 2 is 1.76 bits per heavy atom. The molecule has 2 aromatic rings. The first kappa shape index (κ1) is 13.9. The average molecular weight is 296 g/mol. The zero-order valence-electron chi connectivity index (χ0n) is 10.9. The SMILES string of the molecule is NCC1c2cc(F)c(F)c(F)c2CN1c1ccccc1F. The fraction of sp³-hybridized carbons (Fsp3) is 0.200. The standard InChI is InChI=1S/C15H12F4N2/c16-10-3-1-2-4-12(10)21-7-9-8(13(21)6-20)5-11(17)15(19)14(9)18/h1-5,13H,6-7,20H2. The molecule has 0 spiro atoms. The molecular formula is C15H12F4N2. The zero-order chi connectivity index (χ0) is 15.1. The Bertz CT molecular complexity index is 702. The molecule has 0 saturated heterocycles. The molecule has 0 aromatic heterocycles. The van der Waals surface area contributed by atoms with Crippen molar-refractivity contribution in [2.45, 2.75) is 12.6 Å². The van der Waals surface area contributed by atoms with E-state index in [1.54, 1.807) is 6.07 Å². The predicted octanol–water partition coefficient (Wildman–Crippen LogP) is 3.26. The first-order valence-electron chi connectivity index (χ1n) is 6.42. The maximum absolute atomic E-state index is 13.9. The molecule has 21 heavy (non-hydrogen) atoms. The van der Waals surface area contributed by atoms with Crippen LogP contribution in [0.4, 0.5) is 23.2 Å². The monoisotopic (exact) mass is 296 g/mol. The lowest BCUT2D eigenvalue weighted by atomic mass is 10.0. The molecule has 0 bridgehead atoms. The van der Waals surface area contributed by atoms with E-state index in [2.05, 4.69) is 0 Å². The van der Waals surface area contributed by atoms with Gasteiger partial charge in [0, 0.05) is 18.7 Å². The summed E-state index contributed by atoms with van der Waals surface area (Å²) in [4.78, 5) is 1.52. The summed E-state index contributed by atoms with van der Waals surface area (Å²) < 4.78 is 54.6. The molecule has 3 rings (SSSR count). The van der Waals surface area contributed by atoms with Crippen LogP contribution in [-0.4, -0.2) is 6.54 Å². The number of halogens is 4. The molecular weight excluding hydrogens is 284 g/mol. The molecule has 0 radical (unpaired) electrons. The largest absolute Gasteiger partial charge is 0.356 e. The van der Waals surface area contributed by atoms with Gasteiger partial charge >= 0.3 is 0 Å². The van der Waals surface area contributed by atoms with E-state index in [0.29, 0.717) is 0 Å². The first-order chi connectivity index (χ1) is 10.0. The quantitative estimate of drug-likeness (QED) is 0.681. The van der Waals surface area contributed by atoms with Crippen LogP contribution in [0.25, 0.3) is 0 Å². The minimum absolute atomic E-state index is 0.0209. The summed E-state index contributed by atoms with van der Waals surface area (Å²) in [6.45, 7) is -0.0208.